The van der Waals surface area contributed by atoms with Crippen molar-refractivity contribution < 1.29 is 9.90 Å². The average Bonchev–Trinajstić information content (AvgIpc) is 2.96. The monoisotopic (exact) mass is 447 g/mol. The number of benzene rings is 1. The van der Waals surface area contributed by atoms with Crippen LogP contribution in [0.3, 0.4) is 0 Å². The molecule has 0 aliphatic heterocycles. The maximum atomic E-state index is 11.5. The normalized spacial score (nSPS) is 12.6. The Morgan fingerprint density at radius 1 is 1.37 bits per heavy atom. The Kier molecular flexibility index (Phi) is 8.10. The number of anilines is 1. The summed E-state index contributed by atoms with van der Waals surface area (Å²) >= 11 is 7.65. The molecular formula is C23H30ClN3O2S. The topological polar surface area (TPSA) is 94.3 Å². The van der Waals surface area contributed by atoms with Crippen molar-refractivity contribution in [2.24, 2.45) is 11.7 Å². The molecule has 7 heteroatoms. The smallest absolute Gasteiger partial charge is 0.304 e. The van der Waals surface area contributed by atoms with Gasteiger partial charge in [0.25, 0.3) is 0 Å². The highest BCUT2D eigenvalue weighted by Gasteiger charge is 2.28. The maximum Gasteiger partial charge on any atom is 0.304 e. The molecule has 2 aromatic rings. The van der Waals surface area contributed by atoms with Gasteiger partial charge < -0.3 is 21.1 Å². The van der Waals surface area contributed by atoms with Gasteiger partial charge in [-0.3, -0.25) is 4.79 Å². The summed E-state index contributed by atoms with van der Waals surface area (Å²) in [6.07, 6.45) is 3.41. The highest BCUT2D eigenvalue weighted by Crippen LogP contribution is 2.46. The molecule has 0 bridgehead atoms. The molecule has 5 nitrogen and oxygen atoms in total. The summed E-state index contributed by atoms with van der Waals surface area (Å²) < 4.78 is 2.14. The molecule has 0 saturated carbocycles. The molecule has 2 rings (SSSR count). The molecule has 0 amide bonds. The second kappa shape index (κ2) is 10.1. The fourth-order valence-corrected chi connectivity index (χ4v) is 4.92. The third kappa shape index (κ3) is 5.05. The van der Waals surface area contributed by atoms with Crippen LogP contribution in [0.15, 0.2) is 40.8 Å². The molecule has 1 aromatic carbocycles. The molecular weight excluding hydrogens is 418 g/mol. The van der Waals surface area contributed by atoms with Crippen LogP contribution in [0.1, 0.15) is 57.0 Å². The van der Waals surface area contributed by atoms with Gasteiger partial charge in [-0.1, -0.05) is 50.7 Å². The third-order valence-electron chi connectivity index (χ3n) is 5.02. The van der Waals surface area contributed by atoms with Gasteiger partial charge in [-0.15, -0.1) is 0 Å². The van der Waals surface area contributed by atoms with Crippen LogP contribution in [0.4, 0.5) is 5.69 Å². The van der Waals surface area contributed by atoms with Crippen molar-refractivity contribution in [2.45, 2.75) is 56.4 Å². The van der Waals surface area contributed by atoms with E-state index in [9.17, 15) is 9.90 Å². The van der Waals surface area contributed by atoms with Crippen molar-refractivity contribution >= 4 is 46.7 Å². The summed E-state index contributed by atoms with van der Waals surface area (Å²) in [5, 5.41) is 9.94. The SMILES string of the molecule is C=C(c1c(Sc2ccc(Cl)c(N)c2)c(C(C)CC(=O)O)n(CC)c1/C=C\N)C(C)C. The number of hydrogen-bond donors (Lipinski definition) is 3. The number of carboxylic acids is 1. The van der Waals surface area contributed by atoms with E-state index >= 15 is 0 Å². The molecule has 1 unspecified atom stereocenters. The number of aromatic nitrogens is 1. The fourth-order valence-electron chi connectivity index (χ4n) is 3.49. The Bertz CT molecular complexity index is 979. The first-order valence-corrected chi connectivity index (χ1v) is 11.1. The van der Waals surface area contributed by atoms with Crippen LogP contribution in [0.25, 0.3) is 11.6 Å². The maximum absolute atomic E-state index is 11.5. The molecule has 1 heterocycles. The van der Waals surface area contributed by atoms with E-state index in [0.717, 1.165) is 32.3 Å². The van der Waals surface area contributed by atoms with Gasteiger partial charge in [0.15, 0.2) is 0 Å². The van der Waals surface area contributed by atoms with E-state index in [4.69, 9.17) is 23.1 Å². The van der Waals surface area contributed by atoms with E-state index in [1.165, 1.54) is 6.20 Å². The van der Waals surface area contributed by atoms with Gasteiger partial charge in [-0.2, -0.15) is 0 Å². The van der Waals surface area contributed by atoms with Crippen molar-refractivity contribution in [3.63, 3.8) is 0 Å². The van der Waals surface area contributed by atoms with E-state index in [0.29, 0.717) is 17.3 Å². The molecule has 0 fully saturated rings. The van der Waals surface area contributed by atoms with Crippen LogP contribution in [-0.4, -0.2) is 15.6 Å². The zero-order valence-corrected chi connectivity index (χ0v) is 19.5. The lowest BCUT2D eigenvalue weighted by Crippen LogP contribution is -2.10. The first-order chi connectivity index (χ1) is 14.1. The number of nitrogen functional groups attached to an aromatic ring is 1. The Labute approximate surface area is 187 Å². The number of nitrogens with zero attached hydrogens (tertiary/aromatic N) is 1. The quantitative estimate of drug-likeness (QED) is 0.405. The Balaban J connectivity index is 2.82. The minimum Gasteiger partial charge on any atom is -0.481 e. The number of halogens is 1. The van der Waals surface area contributed by atoms with Crippen molar-refractivity contribution in [3.05, 3.63) is 53.0 Å². The molecule has 0 aliphatic carbocycles. The van der Waals surface area contributed by atoms with E-state index in [2.05, 4.69) is 25.0 Å². The van der Waals surface area contributed by atoms with Gasteiger partial charge in [-0.25, -0.2) is 0 Å². The zero-order chi connectivity index (χ0) is 22.6. The predicted molar refractivity (Wildman–Crippen MR) is 128 cm³/mol. The number of allylic oxidation sites excluding steroid dienone is 1. The molecule has 0 radical (unpaired) electrons. The van der Waals surface area contributed by atoms with Crippen molar-refractivity contribution in [1.29, 1.82) is 0 Å². The van der Waals surface area contributed by atoms with E-state index in [1.54, 1.807) is 17.8 Å². The highest BCUT2D eigenvalue weighted by atomic mass is 35.5. The summed E-state index contributed by atoms with van der Waals surface area (Å²) in [6, 6.07) is 5.52. The standard InChI is InChI=1S/C23H30ClN3O2S/c1-6-27-19(9-10-25)21(15(5)13(2)3)23(22(27)14(4)11-20(28)29)30-16-7-8-17(24)18(26)12-16/h7-10,12-14H,5-6,11,25-26H2,1-4H3,(H,28,29)/b10-9-. The minimum atomic E-state index is -0.835. The number of nitrogens with two attached hydrogens (primary N) is 2. The number of rotatable bonds is 9. The zero-order valence-electron chi connectivity index (χ0n) is 17.9. The number of carbonyl (C=O) groups is 1. The summed E-state index contributed by atoms with van der Waals surface area (Å²) in [6.45, 7) is 13.2. The Morgan fingerprint density at radius 3 is 2.53 bits per heavy atom. The average molecular weight is 448 g/mol. The Hall–Kier alpha value is -2.31. The predicted octanol–water partition coefficient (Wildman–Crippen LogP) is 6.07. The summed E-state index contributed by atoms with van der Waals surface area (Å²) in [7, 11) is 0. The van der Waals surface area contributed by atoms with Crippen LogP contribution >= 0.6 is 23.4 Å². The number of hydrogen-bond acceptors (Lipinski definition) is 4. The molecule has 0 aliphatic rings. The summed E-state index contributed by atoms with van der Waals surface area (Å²) in [5.41, 5.74) is 16.2. The lowest BCUT2D eigenvalue weighted by Gasteiger charge is -2.17. The largest absolute Gasteiger partial charge is 0.481 e. The van der Waals surface area contributed by atoms with Crippen LogP contribution in [0.5, 0.6) is 0 Å². The molecule has 0 saturated heterocycles. The second-order valence-electron chi connectivity index (χ2n) is 7.54. The molecule has 1 aromatic heterocycles. The van der Waals surface area contributed by atoms with Crippen LogP contribution in [0.2, 0.25) is 5.02 Å². The molecule has 162 valence electrons. The van der Waals surface area contributed by atoms with Gasteiger partial charge in [0, 0.05) is 33.5 Å². The van der Waals surface area contributed by atoms with Crippen molar-refractivity contribution in [2.75, 3.05) is 5.73 Å². The fraction of sp³-hybridized carbons (Fsp3) is 0.348. The lowest BCUT2D eigenvalue weighted by molar-refractivity contribution is -0.137. The van der Waals surface area contributed by atoms with Gasteiger partial charge in [-0.05, 0) is 48.9 Å². The molecule has 30 heavy (non-hydrogen) atoms. The van der Waals surface area contributed by atoms with Gasteiger partial charge in [0.05, 0.1) is 22.8 Å². The molecule has 5 N–H and O–H groups in total. The molecule has 1 atom stereocenters. The van der Waals surface area contributed by atoms with Crippen LogP contribution in [0, 0.1) is 5.92 Å². The summed E-state index contributed by atoms with van der Waals surface area (Å²) in [4.78, 5) is 13.4. The van der Waals surface area contributed by atoms with E-state index in [-0.39, 0.29) is 18.3 Å². The van der Waals surface area contributed by atoms with E-state index in [1.807, 2.05) is 32.1 Å². The van der Waals surface area contributed by atoms with Gasteiger partial charge in [0.1, 0.15) is 0 Å². The highest BCUT2D eigenvalue weighted by molar-refractivity contribution is 7.99. The number of aliphatic carboxylic acids is 1. The Morgan fingerprint density at radius 2 is 2.03 bits per heavy atom. The first-order valence-electron chi connectivity index (χ1n) is 9.90. The second-order valence-corrected chi connectivity index (χ2v) is 9.03. The third-order valence-corrected chi connectivity index (χ3v) is 6.47. The lowest BCUT2D eigenvalue weighted by atomic mass is 9.95. The van der Waals surface area contributed by atoms with Gasteiger partial charge >= 0.3 is 5.97 Å². The van der Waals surface area contributed by atoms with Crippen LogP contribution in [-0.2, 0) is 11.3 Å². The van der Waals surface area contributed by atoms with Gasteiger partial charge in [0.2, 0.25) is 0 Å². The first kappa shape index (κ1) is 24.0. The van der Waals surface area contributed by atoms with Crippen LogP contribution < -0.4 is 11.5 Å². The summed E-state index contributed by atoms with van der Waals surface area (Å²) in [5.74, 6) is -0.827. The molecule has 0 spiro atoms. The van der Waals surface area contributed by atoms with E-state index < -0.39 is 5.97 Å². The minimum absolute atomic E-state index is 0.0275. The van der Waals surface area contributed by atoms with Crippen molar-refractivity contribution in [3.8, 4) is 0 Å². The number of carboxylic acid groups (broad SMARTS) is 1. The van der Waals surface area contributed by atoms with Crippen molar-refractivity contribution in [1.82, 2.24) is 4.57 Å².